The van der Waals surface area contributed by atoms with E-state index in [0.717, 1.165) is 5.56 Å². The normalized spacial score (nSPS) is 13.4. The van der Waals surface area contributed by atoms with E-state index >= 15 is 0 Å². The van der Waals surface area contributed by atoms with Gasteiger partial charge in [0.2, 0.25) is 0 Å². The van der Waals surface area contributed by atoms with Gasteiger partial charge in [0.1, 0.15) is 0 Å². The molecule has 0 radical (unpaired) electrons. The number of methoxy groups -OCH3 is 1. The lowest BCUT2D eigenvalue weighted by Crippen LogP contribution is -2.43. The molecule has 0 spiro atoms. The van der Waals surface area contributed by atoms with Crippen LogP contribution < -0.4 is 14.8 Å². The summed E-state index contributed by atoms with van der Waals surface area (Å²) in [7, 11) is 1.47. The zero-order valence-electron chi connectivity index (χ0n) is 19.2. The Hall–Kier alpha value is -3.85. The lowest BCUT2D eigenvalue weighted by molar-refractivity contribution is -0.138. The second-order valence-corrected chi connectivity index (χ2v) is 7.31. The third kappa shape index (κ3) is 7.08. The third-order valence-electron chi connectivity index (χ3n) is 5.01. The largest absolute Gasteiger partial charge is 0.493 e. The first kappa shape index (κ1) is 24.8. The van der Waals surface area contributed by atoms with E-state index in [9.17, 15) is 14.4 Å². The van der Waals surface area contributed by atoms with Crippen molar-refractivity contribution in [2.45, 2.75) is 6.92 Å². The van der Waals surface area contributed by atoms with E-state index < -0.39 is 5.97 Å². The number of hydrogen-bond acceptors (Lipinski definition) is 7. The summed E-state index contributed by atoms with van der Waals surface area (Å²) in [6, 6.07) is 11.8. The Kier molecular flexibility index (Phi) is 9.04. The fourth-order valence-electron chi connectivity index (χ4n) is 3.21. The molecule has 1 saturated heterocycles. The number of esters is 1. The van der Waals surface area contributed by atoms with E-state index in [2.05, 4.69) is 5.32 Å². The van der Waals surface area contributed by atoms with Crippen molar-refractivity contribution in [1.82, 2.24) is 4.90 Å². The summed E-state index contributed by atoms with van der Waals surface area (Å²) in [5.41, 5.74) is 1.75. The maximum Gasteiger partial charge on any atom is 0.330 e. The van der Waals surface area contributed by atoms with Crippen LogP contribution in [-0.4, -0.2) is 69.3 Å². The quantitative estimate of drug-likeness (QED) is 0.446. The highest BCUT2D eigenvalue weighted by Crippen LogP contribution is 2.28. The van der Waals surface area contributed by atoms with Gasteiger partial charge in [-0.1, -0.05) is 12.1 Å². The number of amides is 2. The maximum atomic E-state index is 12.7. The number of anilines is 1. The Balaban J connectivity index is 1.58. The Bertz CT molecular complexity index is 1030. The van der Waals surface area contributed by atoms with Crippen LogP contribution in [0.1, 0.15) is 22.8 Å². The van der Waals surface area contributed by atoms with Crippen molar-refractivity contribution in [3.63, 3.8) is 0 Å². The van der Waals surface area contributed by atoms with Crippen LogP contribution in [0.5, 0.6) is 11.5 Å². The molecule has 1 fully saturated rings. The Morgan fingerprint density at radius 1 is 1.06 bits per heavy atom. The summed E-state index contributed by atoms with van der Waals surface area (Å²) in [5.74, 6) is -0.149. The molecule has 34 heavy (non-hydrogen) atoms. The minimum atomic E-state index is -0.410. The van der Waals surface area contributed by atoms with Crippen LogP contribution in [0.3, 0.4) is 0 Å². The van der Waals surface area contributed by atoms with Crippen LogP contribution in [-0.2, 0) is 19.1 Å². The van der Waals surface area contributed by atoms with Crippen LogP contribution in [0.25, 0.3) is 6.08 Å². The molecule has 2 aromatic rings. The standard InChI is InChI=1S/C25H28N2O7/c1-3-33-24(29)11-6-18-4-8-20(9-5-18)26-25(30)19-7-10-21(22(16-19)31-2)34-17-23(28)27-12-14-32-15-13-27/h4-11,16H,3,12-15,17H2,1-2H3,(H,26,30)/b11-6+. The zero-order chi connectivity index (χ0) is 24.3. The number of morpholine rings is 1. The van der Waals surface area contributed by atoms with E-state index in [1.165, 1.54) is 13.2 Å². The number of nitrogens with zero attached hydrogens (tertiary/aromatic N) is 1. The number of hydrogen-bond donors (Lipinski definition) is 1. The highest BCUT2D eigenvalue weighted by molar-refractivity contribution is 6.04. The lowest BCUT2D eigenvalue weighted by atomic mass is 10.1. The fourth-order valence-corrected chi connectivity index (χ4v) is 3.21. The maximum absolute atomic E-state index is 12.7. The molecule has 0 bridgehead atoms. The van der Waals surface area contributed by atoms with Crippen molar-refractivity contribution in [2.75, 3.05) is 51.9 Å². The van der Waals surface area contributed by atoms with Crippen LogP contribution in [0.2, 0.25) is 0 Å². The number of carbonyl (C=O) groups excluding carboxylic acids is 3. The van der Waals surface area contributed by atoms with Crippen molar-refractivity contribution in [3.05, 3.63) is 59.7 Å². The minimum Gasteiger partial charge on any atom is -0.493 e. The molecule has 0 atom stereocenters. The van der Waals surface area contributed by atoms with E-state index in [0.29, 0.717) is 55.7 Å². The van der Waals surface area contributed by atoms with Crippen LogP contribution in [0.15, 0.2) is 48.5 Å². The van der Waals surface area contributed by atoms with Gasteiger partial charge < -0.3 is 29.2 Å². The number of rotatable bonds is 9. The van der Waals surface area contributed by atoms with E-state index in [4.69, 9.17) is 18.9 Å². The lowest BCUT2D eigenvalue weighted by Gasteiger charge is -2.26. The average molecular weight is 469 g/mol. The van der Waals surface area contributed by atoms with Gasteiger partial charge in [-0.25, -0.2) is 4.79 Å². The molecule has 1 heterocycles. The molecule has 1 aliphatic heterocycles. The van der Waals surface area contributed by atoms with Gasteiger partial charge >= 0.3 is 5.97 Å². The summed E-state index contributed by atoms with van der Waals surface area (Å²) >= 11 is 0. The predicted molar refractivity (Wildman–Crippen MR) is 126 cm³/mol. The van der Waals surface area contributed by atoms with Gasteiger partial charge in [-0.05, 0) is 48.9 Å². The van der Waals surface area contributed by atoms with Gasteiger partial charge in [0.05, 0.1) is 26.9 Å². The molecular formula is C25H28N2O7. The highest BCUT2D eigenvalue weighted by Gasteiger charge is 2.18. The molecule has 0 unspecified atom stereocenters. The summed E-state index contributed by atoms with van der Waals surface area (Å²) in [6.45, 7) is 4.06. The Labute approximate surface area is 198 Å². The SMILES string of the molecule is CCOC(=O)/C=C/c1ccc(NC(=O)c2ccc(OCC(=O)N3CCOCC3)c(OC)c2)cc1. The van der Waals surface area contributed by atoms with Crippen molar-refractivity contribution < 1.29 is 33.3 Å². The van der Waals surface area contributed by atoms with Crippen LogP contribution >= 0.6 is 0 Å². The summed E-state index contributed by atoms with van der Waals surface area (Å²) in [5, 5.41) is 2.81. The van der Waals surface area contributed by atoms with Gasteiger partial charge in [0.15, 0.2) is 18.1 Å². The van der Waals surface area contributed by atoms with Crippen molar-refractivity contribution in [3.8, 4) is 11.5 Å². The van der Waals surface area contributed by atoms with Crippen LogP contribution in [0, 0.1) is 0 Å². The first-order valence-electron chi connectivity index (χ1n) is 10.9. The summed E-state index contributed by atoms with van der Waals surface area (Å²) in [4.78, 5) is 38.1. The fraction of sp³-hybridized carbons (Fsp3) is 0.320. The van der Waals surface area contributed by atoms with Gasteiger partial charge in [-0.2, -0.15) is 0 Å². The van der Waals surface area contributed by atoms with Gasteiger partial charge in [-0.3, -0.25) is 9.59 Å². The first-order valence-corrected chi connectivity index (χ1v) is 10.9. The minimum absolute atomic E-state index is 0.126. The molecule has 0 aliphatic carbocycles. The molecular weight excluding hydrogens is 440 g/mol. The monoisotopic (exact) mass is 468 g/mol. The number of nitrogens with one attached hydrogen (secondary N) is 1. The smallest absolute Gasteiger partial charge is 0.330 e. The molecule has 2 amide bonds. The molecule has 0 saturated carbocycles. The molecule has 1 aliphatic rings. The third-order valence-corrected chi connectivity index (χ3v) is 5.01. The summed E-state index contributed by atoms with van der Waals surface area (Å²) < 4.78 is 21.1. The second-order valence-electron chi connectivity index (χ2n) is 7.31. The number of ether oxygens (including phenoxy) is 4. The highest BCUT2D eigenvalue weighted by atomic mass is 16.5. The Morgan fingerprint density at radius 3 is 2.47 bits per heavy atom. The van der Waals surface area contributed by atoms with Crippen molar-refractivity contribution >= 4 is 29.5 Å². The predicted octanol–water partition coefficient (Wildman–Crippen LogP) is 2.76. The van der Waals surface area contributed by atoms with Gasteiger partial charge in [0.25, 0.3) is 11.8 Å². The van der Waals surface area contributed by atoms with Crippen LogP contribution in [0.4, 0.5) is 5.69 Å². The number of carbonyl (C=O) groups is 3. The average Bonchev–Trinajstić information content (AvgIpc) is 2.87. The second kappa shape index (κ2) is 12.4. The van der Waals surface area contributed by atoms with E-state index in [-0.39, 0.29) is 18.4 Å². The molecule has 3 rings (SSSR count). The van der Waals surface area contributed by atoms with Crippen molar-refractivity contribution in [2.24, 2.45) is 0 Å². The van der Waals surface area contributed by atoms with Crippen molar-refractivity contribution in [1.29, 1.82) is 0 Å². The molecule has 0 aromatic heterocycles. The van der Waals surface area contributed by atoms with E-state index in [1.807, 2.05) is 0 Å². The first-order chi connectivity index (χ1) is 16.5. The number of benzene rings is 2. The summed E-state index contributed by atoms with van der Waals surface area (Å²) in [6.07, 6.45) is 2.98. The Morgan fingerprint density at radius 2 is 1.79 bits per heavy atom. The molecule has 180 valence electrons. The molecule has 2 aromatic carbocycles. The van der Waals surface area contributed by atoms with E-state index in [1.54, 1.807) is 60.4 Å². The molecule has 9 nitrogen and oxygen atoms in total. The van der Waals surface area contributed by atoms with Gasteiger partial charge in [-0.15, -0.1) is 0 Å². The molecule has 1 N–H and O–H groups in total. The van der Waals surface area contributed by atoms with Gasteiger partial charge in [0, 0.05) is 30.4 Å². The topological polar surface area (TPSA) is 103 Å². The zero-order valence-corrected chi connectivity index (χ0v) is 19.2. The molecule has 9 heteroatoms.